The maximum Gasteiger partial charge on any atom is 0.192 e. The van der Waals surface area contributed by atoms with Crippen LogP contribution in [-0.2, 0) is 9.59 Å². The van der Waals surface area contributed by atoms with Crippen molar-refractivity contribution in [2.24, 2.45) is 22.7 Å². The monoisotopic (exact) mass is 396 g/mol. The summed E-state index contributed by atoms with van der Waals surface area (Å²) < 4.78 is 16.8. The third-order valence-corrected chi connectivity index (χ3v) is 8.83. The normalized spacial score (nSPS) is 53.1. The van der Waals surface area contributed by atoms with E-state index in [4.69, 9.17) is 0 Å². The number of carbonyl (C=O) groups excluding carboxylic acids is 2. The molecule has 8 atom stereocenters. The van der Waals surface area contributed by atoms with Crippen LogP contribution in [0.5, 0.6) is 0 Å². The second kappa shape index (κ2) is 5.94. The van der Waals surface area contributed by atoms with Crippen molar-refractivity contribution in [2.45, 2.75) is 75.9 Å². The van der Waals surface area contributed by atoms with Gasteiger partial charge in [-0.1, -0.05) is 19.4 Å². The third kappa shape index (κ3) is 2.06. The first-order valence-corrected chi connectivity index (χ1v) is 10.1. The van der Waals surface area contributed by atoms with Gasteiger partial charge >= 0.3 is 0 Å². The van der Waals surface area contributed by atoms with Gasteiger partial charge < -0.3 is 20.4 Å². The quantitative estimate of drug-likeness (QED) is 0.550. The van der Waals surface area contributed by atoms with E-state index in [-0.39, 0.29) is 25.0 Å². The molecule has 4 rings (SSSR count). The summed E-state index contributed by atoms with van der Waals surface area (Å²) in [4.78, 5) is 24.3. The molecule has 0 bridgehead atoms. The smallest absolute Gasteiger partial charge is 0.192 e. The number of aliphatic hydroxyl groups excluding tert-OH is 3. The Balaban J connectivity index is 1.83. The summed E-state index contributed by atoms with van der Waals surface area (Å²) in [6.07, 6.45) is -0.0824. The summed E-state index contributed by atoms with van der Waals surface area (Å²) in [7, 11) is 0. The molecule has 3 saturated carbocycles. The van der Waals surface area contributed by atoms with Gasteiger partial charge in [0, 0.05) is 23.2 Å². The van der Waals surface area contributed by atoms with Crippen molar-refractivity contribution in [3.05, 3.63) is 11.6 Å². The highest BCUT2D eigenvalue weighted by Gasteiger charge is 2.76. The van der Waals surface area contributed by atoms with E-state index < -0.39 is 58.5 Å². The van der Waals surface area contributed by atoms with Gasteiger partial charge in [-0.05, 0) is 44.1 Å². The lowest BCUT2D eigenvalue weighted by molar-refractivity contribution is -0.230. The predicted molar refractivity (Wildman–Crippen MR) is 96.9 cm³/mol. The van der Waals surface area contributed by atoms with Crippen molar-refractivity contribution in [2.75, 3.05) is 6.61 Å². The minimum atomic E-state index is -2.21. The molecule has 0 aromatic heterocycles. The largest absolute Gasteiger partial charge is 0.390 e. The summed E-state index contributed by atoms with van der Waals surface area (Å²) in [5.41, 5.74) is -5.72. The fourth-order valence-corrected chi connectivity index (χ4v) is 7.21. The van der Waals surface area contributed by atoms with Crippen molar-refractivity contribution >= 4 is 11.6 Å². The molecule has 156 valence electrons. The summed E-state index contributed by atoms with van der Waals surface area (Å²) in [5.74, 6) is -2.10. The zero-order valence-electron chi connectivity index (χ0n) is 16.3. The minimum absolute atomic E-state index is 0.0242. The maximum atomic E-state index is 16.8. The van der Waals surface area contributed by atoms with Gasteiger partial charge in [-0.15, -0.1) is 0 Å². The van der Waals surface area contributed by atoms with Gasteiger partial charge in [0.15, 0.2) is 17.2 Å². The van der Waals surface area contributed by atoms with E-state index in [1.807, 2.05) is 0 Å². The number of Topliss-reactive ketones (excluding diaryl/α,β-unsaturated/α-hetero) is 1. The molecule has 2 unspecified atom stereocenters. The number of fused-ring (bicyclic) bond motifs is 5. The van der Waals surface area contributed by atoms with E-state index in [1.54, 1.807) is 13.8 Å². The summed E-state index contributed by atoms with van der Waals surface area (Å²) in [5, 5.41) is 42.2. The number of carbonyl (C=O) groups is 2. The Morgan fingerprint density at radius 2 is 1.89 bits per heavy atom. The number of alkyl halides is 1. The fraction of sp³-hybridized carbons (Fsp3) is 0.810. The molecule has 6 nitrogen and oxygen atoms in total. The number of hydrogen-bond acceptors (Lipinski definition) is 6. The Morgan fingerprint density at radius 3 is 2.54 bits per heavy atom. The number of aliphatic hydroxyl groups is 4. The van der Waals surface area contributed by atoms with Crippen molar-refractivity contribution in [3.8, 4) is 0 Å². The first kappa shape index (κ1) is 20.1. The lowest BCUT2D eigenvalue weighted by Crippen LogP contribution is -2.70. The third-order valence-electron chi connectivity index (χ3n) is 8.83. The molecule has 0 heterocycles. The van der Waals surface area contributed by atoms with Crippen LogP contribution in [0, 0.1) is 22.7 Å². The number of ketones is 2. The average Bonchev–Trinajstić information content (AvgIpc) is 2.84. The molecule has 3 fully saturated rings. The van der Waals surface area contributed by atoms with Gasteiger partial charge in [-0.3, -0.25) is 9.59 Å². The maximum absolute atomic E-state index is 16.8. The van der Waals surface area contributed by atoms with Crippen LogP contribution in [0.3, 0.4) is 0 Å². The zero-order valence-corrected chi connectivity index (χ0v) is 16.3. The van der Waals surface area contributed by atoms with Crippen LogP contribution >= 0.6 is 0 Å². The van der Waals surface area contributed by atoms with E-state index in [0.717, 1.165) is 5.57 Å². The first-order chi connectivity index (χ1) is 13.0. The van der Waals surface area contributed by atoms with E-state index in [0.29, 0.717) is 19.3 Å². The molecule has 0 spiro atoms. The van der Waals surface area contributed by atoms with Crippen LogP contribution in [0.15, 0.2) is 11.6 Å². The molecule has 0 saturated heterocycles. The number of halogens is 1. The molecule has 0 radical (unpaired) electrons. The van der Waals surface area contributed by atoms with Crippen LogP contribution in [-0.4, -0.2) is 62.1 Å². The molecule has 0 amide bonds. The van der Waals surface area contributed by atoms with E-state index in [2.05, 4.69) is 0 Å². The van der Waals surface area contributed by atoms with Gasteiger partial charge in [0.2, 0.25) is 0 Å². The average molecular weight is 396 g/mol. The van der Waals surface area contributed by atoms with E-state index >= 15 is 4.39 Å². The topological polar surface area (TPSA) is 115 Å². The molecule has 0 aromatic rings. The summed E-state index contributed by atoms with van der Waals surface area (Å²) in [6.45, 7) is 2.45. The van der Waals surface area contributed by atoms with Crippen molar-refractivity contribution < 1.29 is 34.4 Å². The van der Waals surface area contributed by atoms with Crippen LogP contribution in [0.2, 0.25) is 0 Å². The molecule has 4 aliphatic rings. The summed E-state index contributed by atoms with van der Waals surface area (Å²) in [6, 6.07) is 0. The van der Waals surface area contributed by atoms with Crippen LogP contribution in [0.4, 0.5) is 4.39 Å². The summed E-state index contributed by atoms with van der Waals surface area (Å²) >= 11 is 0. The molecule has 4 aliphatic carbocycles. The van der Waals surface area contributed by atoms with Gasteiger partial charge in [-0.2, -0.15) is 0 Å². The molecule has 7 heteroatoms. The Hall–Kier alpha value is -1.15. The second-order valence-electron chi connectivity index (χ2n) is 9.72. The zero-order chi connectivity index (χ0) is 20.7. The Labute approximate surface area is 163 Å². The van der Waals surface area contributed by atoms with Gasteiger partial charge in [0.25, 0.3) is 0 Å². The molecule has 28 heavy (non-hydrogen) atoms. The predicted octanol–water partition coefficient (Wildman–Crippen LogP) is 0.844. The number of allylic oxidation sites excluding steroid dienone is 1. The van der Waals surface area contributed by atoms with Crippen molar-refractivity contribution in [1.82, 2.24) is 0 Å². The van der Waals surface area contributed by atoms with Gasteiger partial charge in [-0.25, -0.2) is 4.39 Å². The van der Waals surface area contributed by atoms with Crippen LogP contribution in [0.25, 0.3) is 0 Å². The molecule has 4 N–H and O–H groups in total. The second-order valence-corrected chi connectivity index (χ2v) is 9.72. The van der Waals surface area contributed by atoms with Crippen molar-refractivity contribution in [1.29, 1.82) is 0 Å². The van der Waals surface area contributed by atoms with Crippen LogP contribution in [0.1, 0.15) is 52.4 Å². The Morgan fingerprint density at radius 1 is 1.21 bits per heavy atom. The van der Waals surface area contributed by atoms with Gasteiger partial charge in [0.05, 0.1) is 12.2 Å². The molecular formula is C21H29FO6. The number of hydrogen-bond donors (Lipinski definition) is 4. The molecule has 0 aromatic carbocycles. The SMILES string of the molecule is C[C@]12CCC(=O)C=C1CC[C@H]1[C@@H]3CC(O)[C@](O)(C(=O)CO)[C@@]3(C)C[C@H](O)C12F. The Kier molecular flexibility index (Phi) is 4.27. The number of rotatable bonds is 2. The van der Waals surface area contributed by atoms with Crippen molar-refractivity contribution in [3.63, 3.8) is 0 Å². The fourth-order valence-electron chi connectivity index (χ4n) is 7.21. The Bertz CT molecular complexity index is 766. The minimum Gasteiger partial charge on any atom is -0.390 e. The van der Waals surface area contributed by atoms with E-state index in [9.17, 15) is 30.0 Å². The van der Waals surface area contributed by atoms with E-state index in [1.165, 1.54) is 6.08 Å². The highest BCUT2D eigenvalue weighted by molar-refractivity contribution is 5.92. The highest BCUT2D eigenvalue weighted by Crippen LogP contribution is 2.70. The molecular weight excluding hydrogens is 367 g/mol. The lowest BCUT2D eigenvalue weighted by atomic mass is 9.44. The highest BCUT2D eigenvalue weighted by atomic mass is 19.1. The van der Waals surface area contributed by atoms with Crippen LogP contribution < -0.4 is 0 Å². The lowest BCUT2D eigenvalue weighted by Gasteiger charge is -2.63. The standard InChI is InChI=1S/C21H29FO6/c1-18-6-5-12(24)7-11(18)3-4-13-14-8-15(25)21(28,17(27)10-23)19(14,2)9-16(26)20(13,18)22/h7,13-16,23,25-26,28H,3-6,8-10H2,1-2H3/t13-,14-,15?,16-,18-,19-,20?,21-/m0/s1. The first-order valence-electron chi connectivity index (χ1n) is 10.1. The molecule has 0 aliphatic heterocycles. The van der Waals surface area contributed by atoms with Gasteiger partial charge in [0.1, 0.15) is 12.3 Å².